The third-order valence-electron chi connectivity index (χ3n) is 6.10. The molecule has 2 fully saturated rings. The first-order valence-corrected chi connectivity index (χ1v) is 10.2. The van der Waals surface area contributed by atoms with Crippen LogP contribution in [-0.2, 0) is 14.3 Å². The second kappa shape index (κ2) is 7.03. The van der Waals surface area contributed by atoms with Crippen molar-refractivity contribution in [2.45, 2.75) is 64.7 Å². The standard InChI is InChI=1S/C21H29N3O4/c1-12(2)6-5-7-13(3)22-19(25)17-15-8-9-21(27-15)11-24(20(26)18(17)21)16-10-14(4)28-23-16/h8-10,12-13,15,17-18H,5-7,11H2,1-4H3,(H,22,25)/t13-,15+,17+,18+,21-/m0/s1. The third kappa shape index (κ3) is 3.15. The number of amides is 2. The molecule has 3 aliphatic rings. The van der Waals surface area contributed by atoms with Gasteiger partial charge in [-0.2, -0.15) is 0 Å². The summed E-state index contributed by atoms with van der Waals surface area (Å²) in [7, 11) is 0. The largest absolute Gasteiger partial charge is 0.360 e. The van der Waals surface area contributed by atoms with Crippen molar-refractivity contribution < 1.29 is 18.8 Å². The first kappa shape index (κ1) is 19.2. The highest BCUT2D eigenvalue weighted by atomic mass is 16.5. The van der Waals surface area contributed by atoms with Gasteiger partial charge in [0.1, 0.15) is 11.4 Å². The summed E-state index contributed by atoms with van der Waals surface area (Å²) in [4.78, 5) is 27.8. The second-order valence-electron chi connectivity index (χ2n) is 8.85. The molecule has 2 bridgehead atoms. The van der Waals surface area contributed by atoms with Crippen LogP contribution >= 0.6 is 0 Å². The summed E-state index contributed by atoms with van der Waals surface area (Å²) in [5.41, 5.74) is -0.739. The summed E-state index contributed by atoms with van der Waals surface area (Å²) in [6, 6.07) is 1.81. The van der Waals surface area contributed by atoms with Crippen LogP contribution in [0.4, 0.5) is 5.82 Å². The van der Waals surface area contributed by atoms with Crippen LogP contribution < -0.4 is 10.2 Å². The Kier molecular flexibility index (Phi) is 4.81. The summed E-state index contributed by atoms with van der Waals surface area (Å²) >= 11 is 0. The lowest BCUT2D eigenvalue weighted by Crippen LogP contribution is -2.46. The van der Waals surface area contributed by atoms with Crippen LogP contribution in [0.2, 0.25) is 0 Å². The Morgan fingerprint density at radius 3 is 2.86 bits per heavy atom. The zero-order valence-electron chi connectivity index (χ0n) is 17.0. The Bertz CT molecular complexity index is 801. The van der Waals surface area contributed by atoms with Gasteiger partial charge in [0, 0.05) is 12.1 Å². The average molecular weight is 387 g/mol. The van der Waals surface area contributed by atoms with E-state index < -0.39 is 17.4 Å². The quantitative estimate of drug-likeness (QED) is 0.727. The number of nitrogens with one attached hydrogen (secondary N) is 1. The number of ether oxygens (including phenoxy) is 1. The summed E-state index contributed by atoms with van der Waals surface area (Å²) in [6.07, 6.45) is 6.70. The lowest BCUT2D eigenvalue weighted by Gasteiger charge is -2.25. The minimum atomic E-state index is -0.739. The van der Waals surface area contributed by atoms with E-state index in [4.69, 9.17) is 9.26 Å². The first-order valence-electron chi connectivity index (χ1n) is 10.2. The molecular formula is C21H29N3O4. The van der Waals surface area contributed by atoms with Crippen molar-refractivity contribution in [3.05, 3.63) is 24.0 Å². The molecule has 5 atom stereocenters. The van der Waals surface area contributed by atoms with Crippen molar-refractivity contribution in [2.24, 2.45) is 17.8 Å². The van der Waals surface area contributed by atoms with E-state index in [1.54, 1.807) is 17.9 Å². The molecule has 0 radical (unpaired) electrons. The molecule has 4 rings (SSSR count). The maximum absolute atomic E-state index is 13.2. The molecule has 3 aliphatic heterocycles. The number of fused-ring (bicyclic) bond motifs is 1. The smallest absolute Gasteiger partial charge is 0.235 e. The zero-order chi connectivity index (χ0) is 20.1. The Balaban J connectivity index is 1.46. The number of nitrogens with zero attached hydrogens (tertiary/aromatic N) is 2. The topological polar surface area (TPSA) is 84.7 Å². The molecule has 28 heavy (non-hydrogen) atoms. The maximum Gasteiger partial charge on any atom is 0.235 e. The number of aromatic nitrogens is 1. The van der Waals surface area contributed by atoms with Crippen molar-refractivity contribution in [3.63, 3.8) is 0 Å². The number of aryl methyl sites for hydroxylation is 1. The van der Waals surface area contributed by atoms with Crippen molar-refractivity contribution in [1.82, 2.24) is 10.5 Å². The van der Waals surface area contributed by atoms with E-state index in [9.17, 15) is 9.59 Å². The summed E-state index contributed by atoms with van der Waals surface area (Å²) < 4.78 is 11.3. The van der Waals surface area contributed by atoms with Gasteiger partial charge in [-0.05, 0) is 26.2 Å². The molecule has 2 amide bonds. The first-order chi connectivity index (χ1) is 13.3. The third-order valence-corrected chi connectivity index (χ3v) is 6.10. The van der Waals surface area contributed by atoms with Gasteiger partial charge in [-0.1, -0.05) is 44.0 Å². The minimum absolute atomic E-state index is 0.0797. The molecule has 0 aliphatic carbocycles. The monoisotopic (exact) mass is 387 g/mol. The van der Waals surface area contributed by atoms with Gasteiger partial charge < -0.3 is 14.6 Å². The Morgan fingerprint density at radius 1 is 1.39 bits per heavy atom. The van der Waals surface area contributed by atoms with Gasteiger partial charge in [0.05, 0.1) is 24.5 Å². The van der Waals surface area contributed by atoms with Crippen LogP contribution in [-0.4, -0.2) is 41.3 Å². The predicted molar refractivity (Wildman–Crippen MR) is 104 cm³/mol. The Morgan fingerprint density at radius 2 is 2.18 bits per heavy atom. The van der Waals surface area contributed by atoms with Crippen molar-refractivity contribution in [1.29, 1.82) is 0 Å². The van der Waals surface area contributed by atoms with Gasteiger partial charge in [-0.25, -0.2) is 0 Å². The fourth-order valence-corrected chi connectivity index (χ4v) is 4.72. The molecule has 0 unspecified atom stereocenters. The zero-order valence-corrected chi connectivity index (χ0v) is 17.0. The summed E-state index contributed by atoms with van der Waals surface area (Å²) in [5.74, 6) is 0.563. The lowest BCUT2D eigenvalue weighted by atomic mass is 9.76. The molecule has 0 saturated carbocycles. The molecule has 4 heterocycles. The van der Waals surface area contributed by atoms with E-state index >= 15 is 0 Å². The van der Waals surface area contributed by atoms with Crippen LogP contribution in [0.15, 0.2) is 22.7 Å². The van der Waals surface area contributed by atoms with Gasteiger partial charge in [-0.3, -0.25) is 14.5 Å². The SMILES string of the molecule is Cc1cc(N2C[C@]34C=C[C@@H](O3)[C@@H](C(=O)N[C@@H](C)CCCC(C)C)[C@@H]4C2=O)no1. The Hall–Kier alpha value is -2.15. The van der Waals surface area contributed by atoms with Gasteiger partial charge in [-0.15, -0.1) is 0 Å². The number of carbonyl (C=O) groups is 2. The molecule has 7 nitrogen and oxygen atoms in total. The molecule has 1 spiro atoms. The molecule has 1 aromatic rings. The number of carbonyl (C=O) groups excluding carboxylic acids is 2. The highest BCUT2D eigenvalue weighted by Crippen LogP contribution is 2.52. The molecule has 152 valence electrons. The maximum atomic E-state index is 13.2. The highest BCUT2D eigenvalue weighted by molar-refractivity contribution is 6.02. The van der Waals surface area contributed by atoms with E-state index in [2.05, 4.69) is 24.3 Å². The average Bonchev–Trinajstić information content (AvgIpc) is 3.35. The number of hydrogen-bond donors (Lipinski definition) is 1. The normalized spacial score (nSPS) is 31.7. The van der Waals surface area contributed by atoms with E-state index in [-0.39, 0.29) is 24.0 Å². The summed E-state index contributed by atoms with van der Waals surface area (Å²) in [6.45, 7) is 8.59. The number of anilines is 1. The molecule has 1 aromatic heterocycles. The van der Waals surface area contributed by atoms with Crippen LogP contribution in [0.3, 0.4) is 0 Å². The van der Waals surface area contributed by atoms with Gasteiger partial charge in [0.15, 0.2) is 5.82 Å². The van der Waals surface area contributed by atoms with E-state index in [1.165, 1.54) is 0 Å². The van der Waals surface area contributed by atoms with E-state index in [1.807, 2.05) is 19.1 Å². The minimum Gasteiger partial charge on any atom is -0.360 e. The van der Waals surface area contributed by atoms with E-state index in [0.717, 1.165) is 19.3 Å². The molecule has 0 aromatic carbocycles. The van der Waals surface area contributed by atoms with Gasteiger partial charge >= 0.3 is 0 Å². The van der Waals surface area contributed by atoms with Crippen molar-refractivity contribution in [2.75, 3.05) is 11.4 Å². The van der Waals surface area contributed by atoms with Crippen LogP contribution in [0.5, 0.6) is 0 Å². The van der Waals surface area contributed by atoms with Crippen LogP contribution in [0, 0.1) is 24.7 Å². The second-order valence-corrected chi connectivity index (χ2v) is 8.85. The van der Waals surface area contributed by atoms with Crippen LogP contribution in [0.25, 0.3) is 0 Å². The van der Waals surface area contributed by atoms with Crippen molar-refractivity contribution >= 4 is 17.6 Å². The van der Waals surface area contributed by atoms with Gasteiger partial charge in [0.25, 0.3) is 0 Å². The van der Waals surface area contributed by atoms with E-state index in [0.29, 0.717) is 24.0 Å². The lowest BCUT2D eigenvalue weighted by molar-refractivity contribution is -0.132. The predicted octanol–water partition coefficient (Wildman–Crippen LogP) is 2.60. The molecule has 7 heteroatoms. The fraction of sp³-hybridized carbons (Fsp3) is 0.667. The van der Waals surface area contributed by atoms with Gasteiger partial charge in [0.2, 0.25) is 11.8 Å². The Labute approximate surface area is 165 Å². The highest BCUT2D eigenvalue weighted by Gasteiger charge is 2.67. The number of hydrogen-bond acceptors (Lipinski definition) is 5. The van der Waals surface area contributed by atoms with Crippen LogP contribution in [0.1, 0.15) is 45.8 Å². The molecule has 2 saturated heterocycles. The van der Waals surface area contributed by atoms with Crippen molar-refractivity contribution in [3.8, 4) is 0 Å². The summed E-state index contributed by atoms with van der Waals surface area (Å²) in [5, 5.41) is 7.08. The number of rotatable bonds is 7. The molecule has 1 N–H and O–H groups in total. The molecular weight excluding hydrogens is 358 g/mol. The fourth-order valence-electron chi connectivity index (χ4n) is 4.72.